The van der Waals surface area contributed by atoms with Gasteiger partial charge in [0.25, 0.3) is 5.91 Å². The summed E-state index contributed by atoms with van der Waals surface area (Å²) in [6, 6.07) is 22.6. The van der Waals surface area contributed by atoms with Crippen molar-refractivity contribution in [3.63, 3.8) is 0 Å². The number of nitrogens with one attached hydrogen (secondary N) is 1. The molecule has 0 aliphatic carbocycles. The van der Waals surface area contributed by atoms with Gasteiger partial charge in [-0.3, -0.25) is 15.0 Å². The lowest BCUT2D eigenvalue weighted by atomic mass is 10.1. The number of benzene rings is 3. The molecule has 214 valence electrons. The Balaban J connectivity index is 1.61. The van der Waals surface area contributed by atoms with Gasteiger partial charge in [0.15, 0.2) is 0 Å². The van der Waals surface area contributed by atoms with Gasteiger partial charge in [0.05, 0.1) is 30.6 Å². The van der Waals surface area contributed by atoms with Crippen LogP contribution < -0.4 is 15.5 Å². The molecule has 3 aromatic carbocycles. The van der Waals surface area contributed by atoms with Crippen molar-refractivity contribution < 1.29 is 14.3 Å². The van der Waals surface area contributed by atoms with E-state index in [1.54, 1.807) is 11.8 Å². The van der Waals surface area contributed by atoms with Crippen molar-refractivity contribution in [2.45, 2.75) is 39.7 Å². The Bertz CT molecular complexity index is 1500. The molecule has 0 radical (unpaired) electrons. The van der Waals surface area contributed by atoms with E-state index < -0.39 is 0 Å². The number of fused-ring (bicyclic) bond motifs is 1. The number of nitrogens with zero attached hydrogens (tertiary/aromatic N) is 4. The summed E-state index contributed by atoms with van der Waals surface area (Å²) >= 11 is 0. The fourth-order valence-electron chi connectivity index (χ4n) is 4.74. The Morgan fingerprint density at radius 1 is 0.951 bits per heavy atom. The number of para-hydroxylation sites is 1. The number of aromatic nitrogens is 2. The molecule has 0 bridgehead atoms. The number of rotatable bonds is 13. The largest absolute Gasteiger partial charge is 0.466 e. The van der Waals surface area contributed by atoms with Gasteiger partial charge in [-0.1, -0.05) is 31.5 Å². The van der Waals surface area contributed by atoms with E-state index in [9.17, 15) is 9.59 Å². The Labute approximate surface area is 241 Å². The fourth-order valence-corrected chi connectivity index (χ4v) is 4.74. The Morgan fingerprint density at radius 2 is 1.66 bits per heavy atom. The average Bonchev–Trinajstić information content (AvgIpc) is 3.30. The van der Waals surface area contributed by atoms with E-state index in [4.69, 9.17) is 20.9 Å². The van der Waals surface area contributed by atoms with Gasteiger partial charge in [-0.15, -0.1) is 0 Å². The van der Waals surface area contributed by atoms with Crippen LogP contribution in [0.1, 0.15) is 54.9 Å². The van der Waals surface area contributed by atoms with Gasteiger partial charge in [-0.25, -0.2) is 4.98 Å². The van der Waals surface area contributed by atoms with Crippen LogP contribution in [0.15, 0.2) is 72.8 Å². The topological polar surface area (TPSA) is 118 Å². The van der Waals surface area contributed by atoms with Crippen molar-refractivity contribution in [1.29, 1.82) is 5.41 Å². The van der Waals surface area contributed by atoms with Crippen LogP contribution in [-0.2, 0) is 23.1 Å². The van der Waals surface area contributed by atoms with Crippen LogP contribution in [0.4, 0.5) is 11.4 Å². The average molecular weight is 555 g/mol. The number of carbonyl (C=O) groups is 2. The van der Waals surface area contributed by atoms with E-state index in [1.807, 2.05) is 79.8 Å². The molecule has 0 fully saturated rings. The van der Waals surface area contributed by atoms with Crippen molar-refractivity contribution in [1.82, 2.24) is 9.55 Å². The number of amidine groups is 1. The molecule has 0 unspecified atom stereocenters. The van der Waals surface area contributed by atoms with E-state index in [-0.39, 0.29) is 30.7 Å². The molecule has 4 rings (SSSR count). The molecule has 4 aromatic rings. The van der Waals surface area contributed by atoms with E-state index in [2.05, 4.69) is 16.4 Å². The van der Waals surface area contributed by atoms with Crippen LogP contribution in [0.3, 0.4) is 0 Å². The second kappa shape index (κ2) is 13.6. The monoisotopic (exact) mass is 554 g/mol. The van der Waals surface area contributed by atoms with Crippen LogP contribution in [-0.4, -0.2) is 47.0 Å². The zero-order valence-corrected chi connectivity index (χ0v) is 24.0. The molecular weight excluding hydrogens is 516 g/mol. The number of nitrogen functional groups attached to an aromatic ring is 1. The summed E-state index contributed by atoms with van der Waals surface area (Å²) in [5.41, 5.74) is 10.2. The third kappa shape index (κ3) is 7.11. The summed E-state index contributed by atoms with van der Waals surface area (Å²) in [6.45, 7) is 5.88. The molecule has 1 aromatic heterocycles. The highest BCUT2D eigenvalue weighted by atomic mass is 16.5. The van der Waals surface area contributed by atoms with Gasteiger partial charge < -0.3 is 24.8 Å². The van der Waals surface area contributed by atoms with Gasteiger partial charge in [0.2, 0.25) is 0 Å². The highest BCUT2D eigenvalue weighted by Gasteiger charge is 2.21. The highest BCUT2D eigenvalue weighted by Crippen LogP contribution is 2.24. The Kier molecular flexibility index (Phi) is 9.73. The molecule has 9 nitrogen and oxygen atoms in total. The van der Waals surface area contributed by atoms with Crippen molar-refractivity contribution in [3.8, 4) is 0 Å². The molecule has 0 atom stereocenters. The molecule has 0 saturated heterocycles. The number of ether oxygens (including phenoxy) is 1. The molecule has 9 heteroatoms. The van der Waals surface area contributed by atoms with Crippen molar-refractivity contribution in [3.05, 3.63) is 89.7 Å². The van der Waals surface area contributed by atoms with Crippen LogP contribution >= 0.6 is 0 Å². The number of hydrogen-bond acceptors (Lipinski definition) is 6. The lowest BCUT2D eigenvalue weighted by Gasteiger charge is -2.24. The number of carbonyl (C=O) groups excluding carboxylic acids is 2. The fraction of sp³-hybridized carbons (Fsp3) is 0.312. The predicted molar refractivity (Wildman–Crippen MR) is 163 cm³/mol. The van der Waals surface area contributed by atoms with E-state index >= 15 is 0 Å². The number of imidazole rings is 1. The van der Waals surface area contributed by atoms with Gasteiger partial charge in [0.1, 0.15) is 11.7 Å². The van der Waals surface area contributed by atoms with Crippen LogP contribution in [0, 0.1) is 5.41 Å². The van der Waals surface area contributed by atoms with Crippen molar-refractivity contribution >= 4 is 40.1 Å². The maximum Gasteiger partial charge on any atom is 0.307 e. The van der Waals surface area contributed by atoms with Gasteiger partial charge >= 0.3 is 5.97 Å². The summed E-state index contributed by atoms with van der Waals surface area (Å²) in [4.78, 5) is 34.6. The third-order valence-corrected chi connectivity index (χ3v) is 7.04. The first-order chi connectivity index (χ1) is 19.8. The number of esters is 1. The lowest BCUT2D eigenvalue weighted by molar-refractivity contribution is -0.142. The summed E-state index contributed by atoms with van der Waals surface area (Å²) < 4.78 is 7.14. The number of unbranched alkanes of at least 4 members (excludes halogenated alkanes) is 1. The Hall–Kier alpha value is -4.66. The molecule has 1 amide bonds. The number of nitrogens with two attached hydrogens (primary N) is 1. The molecule has 41 heavy (non-hydrogen) atoms. The minimum Gasteiger partial charge on any atom is -0.466 e. The van der Waals surface area contributed by atoms with Crippen molar-refractivity contribution in [2.24, 2.45) is 12.8 Å². The van der Waals surface area contributed by atoms with Gasteiger partial charge in [-0.05, 0) is 67.9 Å². The lowest BCUT2D eigenvalue weighted by Crippen LogP contribution is -2.33. The minimum absolute atomic E-state index is 0.0454. The minimum atomic E-state index is -0.338. The molecule has 0 aliphatic heterocycles. The first kappa shape index (κ1) is 29.3. The summed E-state index contributed by atoms with van der Waals surface area (Å²) in [5, 5.41) is 7.68. The number of hydrogen-bond donors (Lipinski definition) is 2. The van der Waals surface area contributed by atoms with Crippen LogP contribution in [0.5, 0.6) is 0 Å². The second-order valence-corrected chi connectivity index (χ2v) is 9.87. The Morgan fingerprint density at radius 3 is 2.32 bits per heavy atom. The molecule has 0 spiro atoms. The van der Waals surface area contributed by atoms with Gasteiger partial charge in [-0.2, -0.15) is 0 Å². The maximum atomic E-state index is 13.7. The third-order valence-electron chi connectivity index (χ3n) is 7.04. The zero-order valence-electron chi connectivity index (χ0n) is 24.0. The SMILES string of the molecule is CCCCN(Cc1nc2cc(C(=O)N(CCC(=O)OCC)c3ccccc3)ccc2n1C)c1ccc(C(=N)N)cc1. The molecule has 0 saturated carbocycles. The number of aryl methyl sites for hydroxylation is 1. The van der Waals surface area contributed by atoms with Crippen molar-refractivity contribution in [2.75, 3.05) is 29.5 Å². The molecule has 0 aliphatic rings. The second-order valence-electron chi connectivity index (χ2n) is 9.87. The standard InChI is InChI=1S/C32H38N6O3/c1-4-6-19-37(25-15-12-23(13-16-25)31(33)34)22-29-35-27-21-24(14-17-28(27)36(29)3)32(40)38(20-18-30(39)41-5-2)26-10-8-7-9-11-26/h7-17,21H,4-6,18-20,22H2,1-3H3,(H3,33,34). The maximum absolute atomic E-state index is 13.7. The van der Waals surface area contributed by atoms with E-state index in [1.165, 1.54) is 0 Å². The summed E-state index contributed by atoms with van der Waals surface area (Å²) in [7, 11) is 1.98. The van der Waals surface area contributed by atoms with Gasteiger partial charge in [0, 0.05) is 42.6 Å². The normalized spacial score (nSPS) is 10.9. The van der Waals surface area contributed by atoms with Crippen LogP contribution in [0.2, 0.25) is 0 Å². The number of amides is 1. The van der Waals surface area contributed by atoms with E-state index in [0.29, 0.717) is 30.0 Å². The molecule has 1 heterocycles. The summed E-state index contributed by atoms with van der Waals surface area (Å²) in [6.07, 6.45) is 2.19. The smallest absolute Gasteiger partial charge is 0.307 e. The number of anilines is 2. The highest BCUT2D eigenvalue weighted by molar-refractivity contribution is 6.07. The first-order valence-electron chi connectivity index (χ1n) is 14.0. The molecule has 3 N–H and O–H groups in total. The molecular formula is C32H38N6O3. The summed E-state index contributed by atoms with van der Waals surface area (Å²) in [5.74, 6) is 0.377. The zero-order chi connectivity index (χ0) is 29.4. The first-order valence-corrected chi connectivity index (χ1v) is 14.0. The quantitative estimate of drug-likeness (QED) is 0.132. The van der Waals surface area contributed by atoms with E-state index in [0.717, 1.165) is 41.9 Å². The predicted octanol–water partition coefficient (Wildman–Crippen LogP) is 5.26. The van der Waals surface area contributed by atoms with Crippen LogP contribution in [0.25, 0.3) is 11.0 Å².